The van der Waals surface area contributed by atoms with Gasteiger partial charge in [0.05, 0.1) is 50.2 Å². The molecule has 2 aliphatic carbocycles. The van der Waals surface area contributed by atoms with Crippen molar-refractivity contribution < 1.29 is 33.4 Å². The molecule has 236 valence electrons. The van der Waals surface area contributed by atoms with Crippen LogP contribution in [0.1, 0.15) is 31.2 Å². The molecule has 6 atom stereocenters. The number of methoxy groups -OCH3 is 1. The van der Waals surface area contributed by atoms with Crippen LogP contribution in [-0.2, 0) is 19.2 Å². The van der Waals surface area contributed by atoms with Crippen LogP contribution in [0.25, 0.3) is 0 Å². The van der Waals surface area contributed by atoms with E-state index in [2.05, 4.69) is 22.6 Å². The number of hydrogen-bond donors (Lipinski definition) is 1. The lowest BCUT2D eigenvalue weighted by molar-refractivity contribution is -0.131. The van der Waals surface area contributed by atoms with E-state index in [4.69, 9.17) is 16.3 Å². The molecule has 0 radical (unpaired) electrons. The molecule has 46 heavy (non-hydrogen) atoms. The highest BCUT2D eigenvalue weighted by Gasteiger charge is 2.67. The van der Waals surface area contributed by atoms with Gasteiger partial charge < -0.3 is 9.84 Å². The van der Waals surface area contributed by atoms with Crippen molar-refractivity contribution >= 4 is 91.8 Å². The Labute approximate surface area is 296 Å². The Balaban J connectivity index is 1.39. The average molecular weight is 867 g/mol. The summed E-state index contributed by atoms with van der Waals surface area (Å²) in [5.74, 6) is -5.53. The molecule has 0 aromatic heterocycles. The van der Waals surface area contributed by atoms with Crippen molar-refractivity contribution in [3.63, 3.8) is 0 Å². The maximum absolute atomic E-state index is 14.6. The Morgan fingerprint density at radius 1 is 0.935 bits per heavy atom. The van der Waals surface area contributed by atoms with Gasteiger partial charge in [0.2, 0.25) is 23.6 Å². The molecule has 4 amide bonds. The third-order valence-corrected chi connectivity index (χ3v) is 12.0. The number of phenols is 1. The number of benzene rings is 3. The molecule has 12 heteroatoms. The van der Waals surface area contributed by atoms with E-state index in [1.165, 1.54) is 24.1 Å². The standard InChI is InChI=1S/C34H26ClFI2N2O6/c1-34-22(31(43)40(33(34)45)18-7-10-24(36)23(35)13-18)14-21-19(28(34)15-11-25(38)29(41)26(12-15)46-2)8-9-20-27(21)32(44)39(30(20)42)17-5-3-16(37)4-6-17/h3-8,10-13,20-22,27-28,41H,9,14H2,1-2H3/t20-,21+,22-,27-,28-,34+/m0/s1. The number of hydrogen-bond acceptors (Lipinski definition) is 6. The van der Waals surface area contributed by atoms with Crippen LogP contribution in [0.15, 0.2) is 66.2 Å². The molecular weight excluding hydrogens is 841 g/mol. The lowest BCUT2D eigenvalue weighted by atomic mass is 9.51. The van der Waals surface area contributed by atoms with Crippen LogP contribution in [0.5, 0.6) is 11.5 Å². The molecule has 3 fully saturated rings. The SMILES string of the molecule is COc1cc([C@H]2C3=CC[C@@H]4C(=O)N(c5ccc(I)cc5)C(=O)[C@@H]4[C@@H]3C[C@H]3C(=O)N(c4ccc(F)c(Cl)c4)C(=O)[C@@]23C)cc(I)c1O. The quantitative estimate of drug-likeness (QED) is 0.175. The molecule has 7 rings (SSSR count). The maximum atomic E-state index is 14.6. The molecule has 1 saturated carbocycles. The lowest BCUT2D eigenvalue weighted by Crippen LogP contribution is -2.48. The van der Waals surface area contributed by atoms with Crippen molar-refractivity contribution in [1.82, 2.24) is 0 Å². The minimum Gasteiger partial charge on any atom is -0.504 e. The molecule has 4 aliphatic rings. The third kappa shape index (κ3) is 4.47. The van der Waals surface area contributed by atoms with E-state index in [-0.39, 0.29) is 40.4 Å². The fourth-order valence-corrected chi connectivity index (χ4v) is 9.19. The van der Waals surface area contributed by atoms with E-state index in [1.54, 1.807) is 31.2 Å². The van der Waals surface area contributed by atoms with Crippen LogP contribution >= 0.6 is 56.8 Å². The summed E-state index contributed by atoms with van der Waals surface area (Å²) < 4.78 is 21.0. The molecule has 8 nitrogen and oxygen atoms in total. The zero-order chi connectivity index (χ0) is 32.8. The van der Waals surface area contributed by atoms with Crippen molar-refractivity contribution in [2.45, 2.75) is 25.7 Å². The van der Waals surface area contributed by atoms with Gasteiger partial charge in [0.25, 0.3) is 0 Å². The van der Waals surface area contributed by atoms with E-state index in [0.29, 0.717) is 21.2 Å². The molecule has 3 aromatic rings. The average Bonchev–Trinajstić information content (AvgIpc) is 3.40. The second-order valence-corrected chi connectivity index (χ2v) is 15.1. The number of fused-ring (bicyclic) bond motifs is 4. The monoisotopic (exact) mass is 866 g/mol. The second kappa shape index (κ2) is 11.3. The molecule has 0 unspecified atom stereocenters. The number of amides is 4. The van der Waals surface area contributed by atoms with Crippen LogP contribution in [-0.4, -0.2) is 35.8 Å². The van der Waals surface area contributed by atoms with Gasteiger partial charge in [-0.1, -0.05) is 23.3 Å². The summed E-state index contributed by atoms with van der Waals surface area (Å²) in [4.78, 5) is 59.2. The highest BCUT2D eigenvalue weighted by Crippen LogP contribution is 2.64. The number of halogens is 4. The first-order valence-electron chi connectivity index (χ1n) is 14.6. The van der Waals surface area contributed by atoms with Crippen molar-refractivity contribution in [3.8, 4) is 11.5 Å². The number of rotatable bonds is 4. The van der Waals surface area contributed by atoms with Gasteiger partial charge in [-0.15, -0.1) is 0 Å². The first-order chi connectivity index (χ1) is 21.9. The summed E-state index contributed by atoms with van der Waals surface area (Å²) in [5, 5.41) is 10.4. The molecule has 3 aromatic carbocycles. The molecule has 2 aliphatic heterocycles. The Kier molecular flexibility index (Phi) is 7.75. The van der Waals surface area contributed by atoms with Crippen molar-refractivity contribution in [3.05, 3.63) is 89.8 Å². The summed E-state index contributed by atoms with van der Waals surface area (Å²) in [5.41, 5.74) is 0.759. The first-order valence-corrected chi connectivity index (χ1v) is 17.1. The van der Waals surface area contributed by atoms with Crippen LogP contribution in [0.2, 0.25) is 5.02 Å². The number of carbonyl (C=O) groups is 4. The molecule has 2 saturated heterocycles. The molecular formula is C34H26ClFI2N2O6. The maximum Gasteiger partial charge on any atom is 0.241 e. The van der Waals surface area contributed by atoms with E-state index in [9.17, 15) is 28.7 Å². The molecule has 0 spiro atoms. The summed E-state index contributed by atoms with van der Waals surface area (Å²) >= 11 is 10.2. The largest absolute Gasteiger partial charge is 0.504 e. The number of allylic oxidation sites excluding steroid dienone is 2. The van der Waals surface area contributed by atoms with E-state index in [0.717, 1.165) is 20.1 Å². The van der Waals surface area contributed by atoms with Crippen LogP contribution in [0.3, 0.4) is 0 Å². The zero-order valence-electron chi connectivity index (χ0n) is 24.5. The normalized spacial score (nSPS) is 28.7. The van der Waals surface area contributed by atoms with Gasteiger partial charge in [-0.25, -0.2) is 9.29 Å². The van der Waals surface area contributed by atoms with Crippen molar-refractivity contribution in [2.75, 3.05) is 16.9 Å². The lowest BCUT2D eigenvalue weighted by Gasteiger charge is -2.49. The second-order valence-electron chi connectivity index (χ2n) is 12.3. The Hall–Kier alpha value is -3.04. The van der Waals surface area contributed by atoms with Crippen LogP contribution in [0.4, 0.5) is 15.8 Å². The van der Waals surface area contributed by atoms with Gasteiger partial charge in [-0.05, 0) is 131 Å². The Morgan fingerprint density at radius 3 is 2.30 bits per heavy atom. The van der Waals surface area contributed by atoms with Crippen molar-refractivity contribution in [2.24, 2.45) is 29.1 Å². The number of imide groups is 2. The van der Waals surface area contributed by atoms with Gasteiger partial charge in [0.15, 0.2) is 11.5 Å². The minimum atomic E-state index is -1.32. The highest BCUT2D eigenvalue weighted by atomic mass is 127. The van der Waals surface area contributed by atoms with E-state index >= 15 is 0 Å². The Bertz CT molecular complexity index is 1900. The number of ether oxygens (including phenoxy) is 1. The highest BCUT2D eigenvalue weighted by molar-refractivity contribution is 14.1. The Morgan fingerprint density at radius 2 is 1.63 bits per heavy atom. The molecule has 1 N–H and O–H groups in total. The summed E-state index contributed by atoms with van der Waals surface area (Å²) in [7, 11) is 1.43. The first kappa shape index (κ1) is 31.6. The predicted octanol–water partition coefficient (Wildman–Crippen LogP) is 6.84. The molecule has 2 heterocycles. The van der Waals surface area contributed by atoms with Crippen LogP contribution < -0.4 is 14.5 Å². The van der Waals surface area contributed by atoms with Gasteiger partial charge in [-0.2, -0.15) is 0 Å². The minimum absolute atomic E-state index is 0.0558. The summed E-state index contributed by atoms with van der Waals surface area (Å²) in [6.45, 7) is 1.75. The van der Waals surface area contributed by atoms with Gasteiger partial charge in [0.1, 0.15) is 5.82 Å². The van der Waals surface area contributed by atoms with Crippen LogP contribution in [0, 0.1) is 42.0 Å². The van der Waals surface area contributed by atoms with Gasteiger partial charge in [-0.3, -0.25) is 24.1 Å². The van der Waals surface area contributed by atoms with Gasteiger partial charge >= 0.3 is 0 Å². The number of nitrogens with zero attached hydrogens (tertiary/aromatic N) is 2. The number of phenolic OH excluding ortho intramolecular Hbond substituents is 1. The number of carbonyl (C=O) groups excluding carboxylic acids is 4. The fourth-order valence-electron chi connectivity index (χ4n) is 8.03. The summed E-state index contributed by atoms with van der Waals surface area (Å²) in [6.07, 6.45) is 2.43. The van der Waals surface area contributed by atoms with Crippen molar-refractivity contribution in [1.29, 1.82) is 0 Å². The topological polar surface area (TPSA) is 104 Å². The number of aromatic hydroxyl groups is 1. The summed E-state index contributed by atoms with van der Waals surface area (Å²) in [6, 6.07) is 14.3. The molecule has 0 bridgehead atoms. The zero-order valence-corrected chi connectivity index (χ0v) is 29.5. The van der Waals surface area contributed by atoms with E-state index < -0.39 is 52.6 Å². The van der Waals surface area contributed by atoms with Gasteiger partial charge in [0, 0.05) is 9.49 Å². The predicted molar refractivity (Wildman–Crippen MR) is 185 cm³/mol. The smallest absolute Gasteiger partial charge is 0.241 e. The third-order valence-electron chi connectivity index (χ3n) is 10.1. The fraction of sp³-hybridized carbons (Fsp3) is 0.294. The van der Waals surface area contributed by atoms with E-state index in [1.807, 2.05) is 40.8 Å². The number of anilines is 2.